The van der Waals surface area contributed by atoms with Gasteiger partial charge in [0.2, 0.25) is 0 Å². The van der Waals surface area contributed by atoms with E-state index >= 15 is 0 Å². The summed E-state index contributed by atoms with van der Waals surface area (Å²) in [6.45, 7) is 1.50. The molecule has 2 aliphatic heterocycles. The lowest BCUT2D eigenvalue weighted by Gasteiger charge is -2.31. The van der Waals surface area contributed by atoms with Gasteiger partial charge in [-0.1, -0.05) is 11.6 Å². The van der Waals surface area contributed by atoms with Gasteiger partial charge in [-0.3, -0.25) is 9.78 Å². The van der Waals surface area contributed by atoms with Crippen molar-refractivity contribution in [1.29, 1.82) is 0 Å². The van der Waals surface area contributed by atoms with Gasteiger partial charge in [-0.05, 0) is 61.6 Å². The van der Waals surface area contributed by atoms with Crippen LogP contribution in [0.15, 0.2) is 36.5 Å². The number of carbonyl (C=O) groups is 1. The molecule has 0 saturated carbocycles. The molecule has 3 aromatic rings. The third kappa shape index (κ3) is 5.08. The van der Waals surface area contributed by atoms with E-state index in [4.69, 9.17) is 16.3 Å². The van der Waals surface area contributed by atoms with Crippen LogP contribution < -0.4 is 20.7 Å². The van der Waals surface area contributed by atoms with Crippen LogP contribution in [0.5, 0.6) is 5.75 Å². The number of hydrogen-bond donors (Lipinski definition) is 3. The summed E-state index contributed by atoms with van der Waals surface area (Å²) in [4.78, 5) is 20.3. The van der Waals surface area contributed by atoms with Crippen molar-refractivity contribution < 1.29 is 13.9 Å². The van der Waals surface area contributed by atoms with Gasteiger partial charge in [-0.15, -0.1) is 0 Å². The number of pyridine rings is 2. The first-order valence-electron chi connectivity index (χ1n) is 11.2. The number of halogens is 2. The third-order valence-corrected chi connectivity index (χ3v) is 6.58. The zero-order valence-electron chi connectivity index (χ0n) is 18.0. The number of nitrogens with one attached hydrogen (secondary N) is 3. The average molecular weight is 470 g/mol. The maximum absolute atomic E-state index is 13.8. The fourth-order valence-electron chi connectivity index (χ4n) is 4.46. The van der Waals surface area contributed by atoms with E-state index in [1.54, 1.807) is 12.3 Å². The van der Waals surface area contributed by atoms with Gasteiger partial charge in [0.25, 0.3) is 5.91 Å². The molecule has 7 nitrogen and oxygen atoms in total. The van der Waals surface area contributed by atoms with E-state index in [1.807, 2.05) is 12.1 Å². The van der Waals surface area contributed by atoms with Crippen LogP contribution in [-0.4, -0.2) is 41.1 Å². The summed E-state index contributed by atoms with van der Waals surface area (Å²) in [5.41, 5.74) is 2.57. The molecule has 33 heavy (non-hydrogen) atoms. The highest BCUT2D eigenvalue weighted by Crippen LogP contribution is 2.28. The van der Waals surface area contributed by atoms with E-state index in [-0.39, 0.29) is 18.3 Å². The summed E-state index contributed by atoms with van der Waals surface area (Å²) in [6.07, 6.45) is 5.42. The molecule has 3 N–H and O–H groups in total. The van der Waals surface area contributed by atoms with Gasteiger partial charge >= 0.3 is 0 Å². The van der Waals surface area contributed by atoms with Crippen LogP contribution in [0.3, 0.4) is 0 Å². The Morgan fingerprint density at radius 1 is 1.24 bits per heavy atom. The van der Waals surface area contributed by atoms with Crippen LogP contribution in [0, 0.1) is 5.82 Å². The van der Waals surface area contributed by atoms with Crippen molar-refractivity contribution in [3.8, 4) is 5.75 Å². The molecule has 2 aromatic heterocycles. The predicted octanol–water partition coefficient (Wildman–Crippen LogP) is 3.60. The molecule has 4 heterocycles. The van der Waals surface area contributed by atoms with Gasteiger partial charge in [0.15, 0.2) is 18.2 Å². The molecule has 1 amide bonds. The Morgan fingerprint density at radius 2 is 2.15 bits per heavy atom. The van der Waals surface area contributed by atoms with Crippen LogP contribution in [0.25, 0.3) is 10.9 Å². The minimum Gasteiger partial charge on any atom is -0.480 e. The van der Waals surface area contributed by atoms with Crippen LogP contribution in [0.1, 0.15) is 30.5 Å². The zero-order chi connectivity index (χ0) is 22.8. The topological polar surface area (TPSA) is 88.2 Å². The lowest BCUT2D eigenvalue weighted by atomic mass is 9.94. The van der Waals surface area contributed by atoms with Crippen molar-refractivity contribution in [2.24, 2.45) is 0 Å². The first-order valence-corrected chi connectivity index (χ1v) is 11.5. The summed E-state index contributed by atoms with van der Waals surface area (Å²) < 4.78 is 19.1. The number of rotatable bonds is 6. The molecular weight excluding hydrogens is 445 g/mol. The molecule has 1 aromatic carbocycles. The predicted molar refractivity (Wildman–Crippen MR) is 125 cm³/mol. The van der Waals surface area contributed by atoms with Crippen molar-refractivity contribution in [1.82, 2.24) is 20.6 Å². The van der Waals surface area contributed by atoms with Crippen molar-refractivity contribution in [3.63, 3.8) is 0 Å². The summed E-state index contributed by atoms with van der Waals surface area (Å²) in [6, 6.07) is 9.10. The van der Waals surface area contributed by atoms with E-state index in [2.05, 4.69) is 25.9 Å². The number of amides is 1. The normalized spacial score (nSPS) is 20.2. The number of fused-ring (bicyclic) bond motifs is 2. The van der Waals surface area contributed by atoms with Gasteiger partial charge in [0.05, 0.1) is 16.2 Å². The molecule has 5 rings (SSSR count). The second-order valence-corrected chi connectivity index (χ2v) is 8.94. The second-order valence-electron chi connectivity index (χ2n) is 8.53. The molecule has 2 atom stereocenters. The van der Waals surface area contributed by atoms with Gasteiger partial charge in [0, 0.05) is 36.8 Å². The molecule has 0 bridgehead atoms. The Kier molecular flexibility index (Phi) is 6.39. The molecule has 0 aliphatic carbocycles. The number of aryl methyl sites for hydroxylation is 1. The standard InChI is InChI=1S/C24H25ClFN5O2/c25-20-12-29-21-7-1-14(26)9-19(21)18(20)6-4-15-2-3-16(10-27-15)28-11-17-5-8-22-24(30-17)31-23(32)13-33-22/h1,5,7-9,12,15-16,27-28H,2-4,6,10-11,13H2,(H,30,31,32)/t15-,16+/m1/s1. The largest absolute Gasteiger partial charge is 0.480 e. The van der Waals surface area contributed by atoms with Crippen LogP contribution in [0.4, 0.5) is 10.2 Å². The molecule has 9 heteroatoms. The number of piperidine rings is 1. The highest BCUT2D eigenvalue weighted by atomic mass is 35.5. The van der Waals surface area contributed by atoms with E-state index in [9.17, 15) is 9.18 Å². The van der Waals surface area contributed by atoms with E-state index in [0.717, 1.165) is 54.4 Å². The van der Waals surface area contributed by atoms with Crippen molar-refractivity contribution >= 4 is 34.2 Å². The second kappa shape index (κ2) is 9.59. The molecule has 1 saturated heterocycles. The Hall–Kier alpha value is -2.81. The first kappa shape index (κ1) is 22.0. The maximum Gasteiger partial charge on any atom is 0.263 e. The molecule has 0 spiro atoms. The fraction of sp³-hybridized carbons (Fsp3) is 0.375. The Bertz CT molecular complexity index is 1180. The summed E-state index contributed by atoms with van der Waals surface area (Å²) in [7, 11) is 0. The van der Waals surface area contributed by atoms with Crippen LogP contribution in [-0.2, 0) is 17.8 Å². The Morgan fingerprint density at radius 3 is 3.00 bits per heavy atom. The van der Waals surface area contributed by atoms with Crippen LogP contribution >= 0.6 is 11.6 Å². The van der Waals surface area contributed by atoms with E-state index in [1.165, 1.54) is 12.1 Å². The molecule has 172 valence electrons. The Labute approximate surface area is 196 Å². The van der Waals surface area contributed by atoms with Gasteiger partial charge < -0.3 is 20.7 Å². The quantitative estimate of drug-likeness (QED) is 0.511. The molecular formula is C24H25ClFN5O2. The average Bonchev–Trinajstić information content (AvgIpc) is 2.82. The van der Waals surface area contributed by atoms with E-state index in [0.29, 0.717) is 35.2 Å². The molecule has 2 aliphatic rings. The first-order chi connectivity index (χ1) is 16.0. The molecule has 1 fully saturated rings. The van der Waals surface area contributed by atoms with Crippen molar-refractivity contribution in [2.45, 2.75) is 44.3 Å². The number of nitrogens with zero attached hydrogens (tertiary/aromatic N) is 2. The maximum atomic E-state index is 13.8. The van der Waals surface area contributed by atoms with Gasteiger partial charge in [-0.2, -0.15) is 0 Å². The number of carbonyl (C=O) groups excluding carboxylic acids is 1. The lowest BCUT2D eigenvalue weighted by Crippen LogP contribution is -2.47. The van der Waals surface area contributed by atoms with Crippen molar-refractivity contribution in [3.05, 3.63) is 58.6 Å². The summed E-state index contributed by atoms with van der Waals surface area (Å²) in [5, 5.41) is 11.3. The monoisotopic (exact) mass is 469 g/mol. The number of ether oxygens (including phenoxy) is 1. The summed E-state index contributed by atoms with van der Waals surface area (Å²) >= 11 is 6.40. The Balaban J connectivity index is 1.12. The number of hydrogen-bond acceptors (Lipinski definition) is 6. The SMILES string of the molecule is O=C1COc2ccc(CN[C@H]3CC[C@H](CCc4c(Cl)cnc5ccc(F)cc45)NC3)nc2N1. The lowest BCUT2D eigenvalue weighted by molar-refractivity contribution is -0.118. The number of anilines is 1. The number of aromatic nitrogens is 2. The van der Waals surface area contributed by atoms with Crippen molar-refractivity contribution in [2.75, 3.05) is 18.5 Å². The highest BCUT2D eigenvalue weighted by Gasteiger charge is 2.22. The molecule has 0 radical (unpaired) electrons. The fourth-order valence-corrected chi connectivity index (χ4v) is 4.70. The van der Waals surface area contributed by atoms with Gasteiger partial charge in [0.1, 0.15) is 5.82 Å². The summed E-state index contributed by atoms with van der Waals surface area (Å²) in [5.74, 6) is 0.620. The van der Waals surface area contributed by atoms with Crippen LogP contribution in [0.2, 0.25) is 5.02 Å². The van der Waals surface area contributed by atoms with Gasteiger partial charge in [-0.25, -0.2) is 9.37 Å². The number of benzene rings is 1. The minimum absolute atomic E-state index is 0.0294. The zero-order valence-corrected chi connectivity index (χ0v) is 18.8. The molecule has 0 unspecified atom stereocenters. The minimum atomic E-state index is -0.277. The highest BCUT2D eigenvalue weighted by molar-refractivity contribution is 6.32. The third-order valence-electron chi connectivity index (χ3n) is 6.25. The van der Waals surface area contributed by atoms with E-state index < -0.39 is 0 Å². The smallest absolute Gasteiger partial charge is 0.263 e.